The summed E-state index contributed by atoms with van der Waals surface area (Å²) in [4.78, 5) is 2.95. The zero-order chi connectivity index (χ0) is 20.7. The van der Waals surface area contributed by atoms with Gasteiger partial charge in [-0.2, -0.15) is 0 Å². The van der Waals surface area contributed by atoms with Gasteiger partial charge in [-0.05, 0) is 30.3 Å². The Labute approximate surface area is 133 Å². The van der Waals surface area contributed by atoms with Gasteiger partial charge in [0.05, 0.1) is 34.5 Å². The number of hydrogen-bond donors (Lipinski definition) is 2. The first kappa shape index (κ1) is 9.58. The van der Waals surface area contributed by atoms with E-state index < -0.39 is 35.2 Å². The maximum Gasteiger partial charge on any atom is 0.215 e. The summed E-state index contributed by atoms with van der Waals surface area (Å²) in [5.41, 5.74) is 1.72. The zero-order valence-electron chi connectivity index (χ0n) is 17.5. The first-order valence-electron chi connectivity index (χ1n) is 9.29. The predicted molar refractivity (Wildman–Crippen MR) is 84.0 cm³/mol. The Morgan fingerprint density at radius 2 is 2.19 bits per heavy atom. The number of benzene rings is 1. The van der Waals surface area contributed by atoms with Crippen LogP contribution >= 0.6 is 0 Å². The van der Waals surface area contributed by atoms with Gasteiger partial charge < -0.3 is 14.8 Å². The highest BCUT2D eigenvalue weighted by atomic mass is 32.2. The molecule has 0 spiro atoms. The van der Waals surface area contributed by atoms with Crippen LogP contribution in [0.15, 0.2) is 24.4 Å². The van der Waals surface area contributed by atoms with Gasteiger partial charge in [0.1, 0.15) is 0 Å². The van der Waals surface area contributed by atoms with Gasteiger partial charge in [-0.15, -0.1) is 0 Å². The molecular weight excluding hydrogens is 290 g/mol. The van der Waals surface area contributed by atoms with E-state index in [1.165, 1.54) is 7.05 Å². The number of nitrogens with one attached hydrogen (secondary N) is 2. The first-order valence-corrected chi connectivity index (χ1v) is 7.95. The van der Waals surface area contributed by atoms with Crippen molar-refractivity contribution in [2.24, 2.45) is 0 Å². The minimum atomic E-state index is -3.47. The lowest BCUT2D eigenvalue weighted by Crippen LogP contribution is -2.34. The minimum Gasteiger partial charge on any atom is -0.633 e. The molecule has 116 valence electrons. The van der Waals surface area contributed by atoms with Crippen LogP contribution < -0.4 is 4.72 Å². The summed E-state index contributed by atoms with van der Waals surface area (Å²) in [7, 11) is -2.16. The van der Waals surface area contributed by atoms with Crippen LogP contribution in [0, 0.1) is 5.21 Å². The van der Waals surface area contributed by atoms with Crippen molar-refractivity contribution in [3.05, 3.63) is 40.7 Å². The molecule has 1 heterocycles. The average Bonchev–Trinajstić information content (AvgIpc) is 2.92. The van der Waals surface area contributed by atoms with Crippen molar-refractivity contribution in [1.29, 1.82) is 0 Å². The summed E-state index contributed by atoms with van der Waals surface area (Å²) in [6.07, 6.45) is 1.47. The van der Waals surface area contributed by atoms with E-state index in [1.54, 1.807) is 24.4 Å². The number of aromatic amines is 1. The molecule has 7 heteroatoms. The largest absolute Gasteiger partial charge is 0.633 e. The first-order chi connectivity index (χ1) is 12.2. The molecule has 0 aliphatic heterocycles. The average molecular weight is 317 g/mol. The molecule has 2 rings (SSSR count). The maximum atomic E-state index is 12.6. The Kier molecular flexibility index (Phi) is 2.63. The minimum absolute atomic E-state index is 0.0947. The highest BCUT2D eigenvalue weighted by molar-refractivity contribution is 7.88. The van der Waals surface area contributed by atoms with Crippen LogP contribution in [0.5, 0.6) is 0 Å². The van der Waals surface area contributed by atoms with Crippen molar-refractivity contribution in [2.45, 2.75) is 12.2 Å². The third kappa shape index (κ3) is 4.28. The summed E-state index contributed by atoms with van der Waals surface area (Å²) in [6, 6.07) is 4.93. The molecule has 0 unspecified atom stereocenters. The van der Waals surface area contributed by atoms with E-state index in [0.717, 1.165) is 0 Å². The molecule has 2 aromatic rings. The van der Waals surface area contributed by atoms with Crippen LogP contribution in [0.25, 0.3) is 10.9 Å². The number of fused-ring (bicyclic) bond motifs is 1. The summed E-state index contributed by atoms with van der Waals surface area (Å²) < 4.78 is 67.4. The van der Waals surface area contributed by atoms with Crippen LogP contribution in [0.4, 0.5) is 0 Å². The van der Waals surface area contributed by atoms with Gasteiger partial charge in [-0.3, -0.25) is 0 Å². The lowest BCUT2D eigenvalue weighted by Gasteiger charge is -2.33. The summed E-state index contributed by atoms with van der Waals surface area (Å²) in [5.74, 6) is -0.240. The van der Waals surface area contributed by atoms with Gasteiger partial charge in [-0.25, -0.2) is 13.1 Å². The lowest BCUT2D eigenvalue weighted by molar-refractivity contribution is -0.839. The topological polar surface area (TPSA) is 85.0 Å². The van der Waals surface area contributed by atoms with Crippen molar-refractivity contribution in [1.82, 2.24) is 9.71 Å². The Bertz CT molecular complexity index is 906. The number of nitrogens with zero attached hydrogens (tertiary/aromatic N) is 1. The number of sulfonamides is 1. The fourth-order valence-electron chi connectivity index (χ4n) is 2.09. The summed E-state index contributed by atoms with van der Waals surface area (Å²) in [5, 5.41) is 13.2. The molecule has 21 heavy (non-hydrogen) atoms. The van der Waals surface area contributed by atoms with Crippen LogP contribution in [-0.4, -0.2) is 45.6 Å². The van der Waals surface area contributed by atoms with Crippen LogP contribution in [0.2, 0.25) is 0 Å². The molecule has 0 atom stereocenters. The molecule has 0 bridgehead atoms. The van der Waals surface area contributed by atoms with Crippen LogP contribution in [0.3, 0.4) is 0 Å². The monoisotopic (exact) mass is 317 g/mol. The van der Waals surface area contributed by atoms with Gasteiger partial charge in [0, 0.05) is 23.5 Å². The van der Waals surface area contributed by atoms with Crippen molar-refractivity contribution in [3.8, 4) is 0 Å². The number of rotatable bonds is 6. The number of H-pyrrole nitrogens is 1. The quantitative estimate of drug-likeness (QED) is 0.623. The van der Waals surface area contributed by atoms with E-state index in [2.05, 4.69) is 9.71 Å². The normalized spacial score (nSPS) is 18.4. The highest BCUT2D eigenvalue weighted by Gasteiger charge is 2.12. The maximum absolute atomic E-state index is 12.6. The van der Waals surface area contributed by atoms with E-state index in [0.29, 0.717) is 22.0 Å². The zero-order valence-corrected chi connectivity index (χ0v) is 12.3. The molecule has 0 aliphatic carbocycles. The lowest BCUT2D eigenvalue weighted by atomic mass is 10.1. The van der Waals surface area contributed by atoms with E-state index in [1.807, 2.05) is 0 Å². The van der Waals surface area contributed by atoms with Crippen molar-refractivity contribution in [3.63, 3.8) is 0 Å². The molecule has 1 aromatic heterocycles. The van der Waals surface area contributed by atoms with Gasteiger partial charge in [0.25, 0.3) is 0 Å². The van der Waals surface area contributed by atoms with Gasteiger partial charge >= 0.3 is 0 Å². The van der Waals surface area contributed by atoms with E-state index in [4.69, 9.17) is 8.22 Å². The van der Waals surface area contributed by atoms with Crippen molar-refractivity contribution >= 4 is 20.9 Å². The molecule has 0 saturated heterocycles. The Balaban J connectivity index is 2.34. The van der Waals surface area contributed by atoms with E-state index in [9.17, 15) is 13.6 Å². The Hall–Kier alpha value is -1.41. The van der Waals surface area contributed by atoms with Gasteiger partial charge in [-0.1, -0.05) is 6.07 Å². The highest BCUT2D eigenvalue weighted by Crippen LogP contribution is 2.22. The number of likely N-dealkylation sites (N-methyl/N-ethyl adjacent to an activating group) is 1. The second kappa shape index (κ2) is 5.76. The molecular formula is C14H21N3O3S. The number of aromatic nitrogens is 1. The fourth-order valence-corrected chi connectivity index (χ4v) is 2.85. The Morgan fingerprint density at radius 1 is 1.43 bits per heavy atom. The predicted octanol–water partition coefficient (Wildman–Crippen LogP) is 1.33. The molecule has 0 fully saturated rings. The van der Waals surface area contributed by atoms with E-state index in [-0.39, 0.29) is 12.2 Å². The van der Waals surface area contributed by atoms with Gasteiger partial charge in [0.2, 0.25) is 10.0 Å². The molecule has 0 amide bonds. The molecule has 6 nitrogen and oxygen atoms in total. The number of quaternary nitrogens is 1. The molecule has 0 aliphatic rings. The standard InChI is InChI=1S/C14H21N3O3S/c1-15-21(19,20)10-11-4-5-14-13(8-11)12(9-16-14)6-7-17(2,3)18/h4-5,8-9,15-16H,6-7,10H2,1-3H3/i2D3,3D3. The SMILES string of the molecule is [2H]C([2H])([2H])[N+]([O-])(CCc1c[nH]c2ccc(CS(=O)(=O)NC)cc12)C([2H])([2H])[2H]. The third-order valence-electron chi connectivity index (χ3n) is 3.20. The van der Waals surface area contributed by atoms with Crippen LogP contribution in [-0.2, 0) is 22.2 Å². The number of hydrogen-bond acceptors (Lipinski definition) is 3. The Morgan fingerprint density at radius 3 is 2.86 bits per heavy atom. The second-order valence-electron chi connectivity index (χ2n) is 4.87. The molecule has 2 N–H and O–H groups in total. The summed E-state index contributed by atoms with van der Waals surface area (Å²) in [6.45, 7) is -7.16. The van der Waals surface area contributed by atoms with Gasteiger partial charge in [0.15, 0.2) is 0 Å². The smallest absolute Gasteiger partial charge is 0.215 e. The van der Waals surface area contributed by atoms with Crippen LogP contribution in [0.1, 0.15) is 19.4 Å². The van der Waals surface area contributed by atoms with E-state index >= 15 is 0 Å². The molecule has 0 saturated carbocycles. The second-order valence-corrected chi connectivity index (χ2v) is 6.80. The summed E-state index contributed by atoms with van der Waals surface area (Å²) >= 11 is 0. The third-order valence-corrected chi connectivity index (χ3v) is 4.53. The van der Waals surface area contributed by atoms with Crippen molar-refractivity contribution in [2.75, 3.05) is 27.5 Å². The molecule has 0 radical (unpaired) electrons. The molecule has 1 aromatic carbocycles. The number of hydroxylamine groups is 3. The fraction of sp³-hybridized carbons (Fsp3) is 0.429. The van der Waals surface area contributed by atoms with Crippen molar-refractivity contribution < 1.29 is 21.3 Å².